The van der Waals surface area contributed by atoms with E-state index in [9.17, 15) is 14.9 Å². The SMILES string of the molecule is CCN1C(=O)c2cc(C#N)c(NNc3ccc4c(c3)CCCN4C)c(Br)c2C1=O. The molecule has 29 heavy (non-hydrogen) atoms. The van der Waals surface area contributed by atoms with Crippen molar-refractivity contribution in [2.45, 2.75) is 19.8 Å². The monoisotopic (exact) mass is 453 g/mol. The van der Waals surface area contributed by atoms with E-state index in [1.165, 1.54) is 22.2 Å². The molecular formula is C21H20BrN5O2. The Morgan fingerprint density at radius 3 is 2.72 bits per heavy atom. The van der Waals surface area contributed by atoms with Gasteiger partial charge in [-0.1, -0.05) is 0 Å². The van der Waals surface area contributed by atoms with Crippen molar-refractivity contribution in [1.82, 2.24) is 4.90 Å². The number of hydrogen-bond acceptors (Lipinski definition) is 6. The van der Waals surface area contributed by atoms with Crippen molar-refractivity contribution in [2.75, 3.05) is 35.9 Å². The van der Waals surface area contributed by atoms with Crippen LogP contribution in [0, 0.1) is 11.3 Å². The lowest BCUT2D eigenvalue weighted by Crippen LogP contribution is -2.29. The van der Waals surface area contributed by atoms with Gasteiger partial charge in [-0.25, -0.2) is 0 Å². The predicted octanol–water partition coefficient (Wildman–Crippen LogP) is 3.76. The number of imide groups is 1. The smallest absolute Gasteiger partial charge is 0.262 e. The number of hydrazine groups is 1. The fourth-order valence-corrected chi connectivity index (χ4v) is 4.59. The first-order valence-corrected chi connectivity index (χ1v) is 10.2. The Morgan fingerprint density at radius 1 is 1.21 bits per heavy atom. The first kappa shape index (κ1) is 19.3. The fourth-order valence-electron chi connectivity index (χ4n) is 3.90. The number of halogens is 1. The molecule has 0 spiro atoms. The van der Waals surface area contributed by atoms with Crippen molar-refractivity contribution in [2.24, 2.45) is 0 Å². The highest BCUT2D eigenvalue weighted by Gasteiger charge is 2.38. The summed E-state index contributed by atoms with van der Waals surface area (Å²) in [5.74, 6) is -0.730. The third kappa shape index (κ3) is 3.12. The summed E-state index contributed by atoms with van der Waals surface area (Å²) in [6, 6.07) is 9.70. The summed E-state index contributed by atoms with van der Waals surface area (Å²) in [7, 11) is 2.09. The molecule has 0 saturated carbocycles. The van der Waals surface area contributed by atoms with Gasteiger partial charge in [0.2, 0.25) is 0 Å². The lowest BCUT2D eigenvalue weighted by Gasteiger charge is -2.28. The van der Waals surface area contributed by atoms with Crippen molar-refractivity contribution < 1.29 is 9.59 Å². The normalized spacial score (nSPS) is 15.1. The van der Waals surface area contributed by atoms with Gasteiger partial charge < -0.3 is 10.3 Å². The lowest BCUT2D eigenvalue weighted by molar-refractivity contribution is 0.0662. The third-order valence-electron chi connectivity index (χ3n) is 5.40. The Morgan fingerprint density at radius 2 is 2.00 bits per heavy atom. The van der Waals surface area contributed by atoms with E-state index < -0.39 is 0 Å². The van der Waals surface area contributed by atoms with Crippen molar-refractivity contribution in [1.29, 1.82) is 5.26 Å². The number of nitrogens with zero attached hydrogens (tertiary/aromatic N) is 3. The Balaban J connectivity index is 1.65. The number of amides is 2. The van der Waals surface area contributed by atoms with Crippen molar-refractivity contribution in [3.63, 3.8) is 0 Å². The number of nitrogens with one attached hydrogen (secondary N) is 2. The molecule has 0 saturated heterocycles. The molecule has 7 nitrogen and oxygen atoms in total. The summed E-state index contributed by atoms with van der Waals surface area (Å²) in [4.78, 5) is 28.5. The highest BCUT2D eigenvalue weighted by molar-refractivity contribution is 9.10. The quantitative estimate of drug-likeness (QED) is 0.541. The molecule has 2 aliphatic heterocycles. The summed E-state index contributed by atoms with van der Waals surface area (Å²) in [6.45, 7) is 3.08. The van der Waals surface area contributed by atoms with Crippen LogP contribution in [0.3, 0.4) is 0 Å². The van der Waals surface area contributed by atoms with Crippen LogP contribution >= 0.6 is 15.9 Å². The van der Waals surface area contributed by atoms with Gasteiger partial charge in [-0.3, -0.25) is 19.9 Å². The van der Waals surface area contributed by atoms with Crippen LogP contribution in [0.2, 0.25) is 0 Å². The van der Waals surface area contributed by atoms with Crippen LogP contribution in [0.5, 0.6) is 0 Å². The van der Waals surface area contributed by atoms with Crippen molar-refractivity contribution >= 4 is 44.8 Å². The van der Waals surface area contributed by atoms with E-state index in [1.54, 1.807) is 6.92 Å². The summed E-state index contributed by atoms with van der Waals surface area (Å²) in [6.07, 6.45) is 2.13. The molecule has 4 rings (SSSR count). The number of aryl methyl sites for hydroxylation is 1. The molecular weight excluding hydrogens is 434 g/mol. The molecule has 0 unspecified atom stereocenters. The largest absolute Gasteiger partial charge is 0.374 e. The second-order valence-electron chi connectivity index (χ2n) is 7.12. The molecule has 2 N–H and O–H groups in total. The Labute approximate surface area is 177 Å². The average molecular weight is 454 g/mol. The standard InChI is InChI=1S/C21H20BrN5O2/c1-3-27-20(28)15-10-13(11-23)19(18(22)17(15)21(27)29)25-24-14-6-7-16-12(9-14)5-4-8-26(16)2/h6-7,9-10,24-25H,3-5,8H2,1-2H3. The summed E-state index contributed by atoms with van der Waals surface area (Å²) < 4.78 is 0.408. The van der Waals surface area contributed by atoms with E-state index in [2.05, 4.69) is 56.9 Å². The first-order valence-electron chi connectivity index (χ1n) is 9.45. The van der Waals surface area contributed by atoms with Crippen LogP contribution in [-0.4, -0.2) is 36.9 Å². The maximum absolute atomic E-state index is 12.6. The van der Waals surface area contributed by atoms with E-state index in [-0.39, 0.29) is 35.0 Å². The lowest BCUT2D eigenvalue weighted by atomic mass is 10.0. The van der Waals surface area contributed by atoms with Crippen LogP contribution < -0.4 is 15.8 Å². The Bertz CT molecular complexity index is 1080. The first-order chi connectivity index (χ1) is 14.0. The topological polar surface area (TPSA) is 88.5 Å². The number of nitriles is 1. The Hall–Kier alpha value is -3.05. The van der Waals surface area contributed by atoms with Gasteiger partial charge in [0.25, 0.3) is 11.8 Å². The molecule has 2 aliphatic rings. The molecule has 0 atom stereocenters. The van der Waals surface area contributed by atoms with Crippen LogP contribution in [0.15, 0.2) is 28.7 Å². The number of anilines is 3. The zero-order chi connectivity index (χ0) is 20.7. The van der Waals surface area contributed by atoms with E-state index >= 15 is 0 Å². The highest BCUT2D eigenvalue weighted by atomic mass is 79.9. The molecule has 0 aliphatic carbocycles. The van der Waals surface area contributed by atoms with E-state index in [0.29, 0.717) is 10.2 Å². The van der Waals surface area contributed by atoms with Gasteiger partial charge in [0.15, 0.2) is 0 Å². The average Bonchev–Trinajstić information content (AvgIpc) is 2.96. The van der Waals surface area contributed by atoms with Crippen LogP contribution in [0.4, 0.5) is 17.1 Å². The van der Waals surface area contributed by atoms with Gasteiger partial charge in [-0.05, 0) is 65.5 Å². The summed E-state index contributed by atoms with van der Waals surface area (Å²) in [5, 5.41) is 9.58. The van der Waals surface area contributed by atoms with Crippen molar-refractivity contribution in [3.05, 3.63) is 51.0 Å². The number of benzene rings is 2. The molecule has 0 radical (unpaired) electrons. The number of carbonyl (C=O) groups is 2. The van der Waals surface area contributed by atoms with Gasteiger partial charge in [0.1, 0.15) is 6.07 Å². The molecule has 0 aromatic heterocycles. The molecule has 2 amide bonds. The summed E-state index contributed by atoms with van der Waals surface area (Å²) >= 11 is 3.43. The van der Waals surface area contributed by atoms with Crippen LogP contribution in [0.1, 0.15) is 45.2 Å². The second kappa shape index (κ2) is 7.41. The second-order valence-corrected chi connectivity index (χ2v) is 7.91. The molecule has 8 heteroatoms. The number of carbonyl (C=O) groups excluding carboxylic acids is 2. The van der Waals surface area contributed by atoms with Crippen LogP contribution in [-0.2, 0) is 6.42 Å². The molecule has 0 bridgehead atoms. The van der Waals surface area contributed by atoms with Gasteiger partial charge in [0.05, 0.1) is 32.5 Å². The van der Waals surface area contributed by atoms with Gasteiger partial charge >= 0.3 is 0 Å². The molecule has 0 fully saturated rings. The molecule has 2 aromatic rings. The van der Waals surface area contributed by atoms with E-state index in [1.807, 2.05) is 6.07 Å². The fraction of sp³-hybridized carbons (Fsp3) is 0.286. The minimum absolute atomic E-state index is 0.252. The number of rotatable bonds is 4. The predicted molar refractivity (Wildman–Crippen MR) is 115 cm³/mol. The van der Waals surface area contributed by atoms with Gasteiger partial charge in [0, 0.05) is 25.8 Å². The van der Waals surface area contributed by atoms with E-state index in [4.69, 9.17) is 0 Å². The van der Waals surface area contributed by atoms with Crippen molar-refractivity contribution in [3.8, 4) is 6.07 Å². The van der Waals surface area contributed by atoms with Gasteiger partial charge in [-0.2, -0.15) is 5.26 Å². The zero-order valence-corrected chi connectivity index (χ0v) is 17.8. The third-order valence-corrected chi connectivity index (χ3v) is 6.19. The molecule has 2 heterocycles. The molecule has 2 aromatic carbocycles. The van der Waals surface area contributed by atoms with E-state index in [0.717, 1.165) is 25.1 Å². The van der Waals surface area contributed by atoms with Crippen LogP contribution in [0.25, 0.3) is 0 Å². The number of hydrogen-bond donors (Lipinski definition) is 2. The Kier molecular flexibility index (Phi) is 4.92. The zero-order valence-electron chi connectivity index (χ0n) is 16.2. The molecule has 148 valence electrons. The minimum atomic E-state index is -0.372. The van der Waals surface area contributed by atoms with Gasteiger partial charge in [-0.15, -0.1) is 0 Å². The minimum Gasteiger partial charge on any atom is -0.374 e. The maximum atomic E-state index is 12.6. The maximum Gasteiger partial charge on any atom is 0.262 e. The summed E-state index contributed by atoms with van der Waals surface area (Å²) in [5.41, 5.74) is 10.8. The number of fused-ring (bicyclic) bond motifs is 2. The highest BCUT2D eigenvalue weighted by Crippen LogP contribution is 2.38.